The number of hydrogen-bond donors (Lipinski definition) is 2. The van der Waals surface area contributed by atoms with Gasteiger partial charge in [-0.1, -0.05) is 25.2 Å². The molecule has 1 heterocycles. The van der Waals surface area contributed by atoms with Crippen molar-refractivity contribution >= 4 is 31.5 Å². The Morgan fingerprint density at radius 1 is 1.77 bits per heavy atom. The molecule has 0 aliphatic rings. The first kappa shape index (κ1) is 10.6. The van der Waals surface area contributed by atoms with Crippen molar-refractivity contribution in [2.75, 3.05) is 0 Å². The molecule has 1 aromatic heterocycles. The predicted octanol–water partition coefficient (Wildman–Crippen LogP) is 1.62. The second-order valence-corrected chi connectivity index (χ2v) is 4.75. The van der Waals surface area contributed by atoms with Crippen LogP contribution in [0.5, 0.6) is 0 Å². The van der Waals surface area contributed by atoms with Gasteiger partial charge in [0, 0.05) is 27.2 Å². The zero-order valence-corrected chi connectivity index (χ0v) is 10.00. The van der Waals surface area contributed by atoms with Crippen molar-refractivity contribution in [2.45, 2.75) is 20.0 Å². The van der Waals surface area contributed by atoms with E-state index in [4.69, 9.17) is 5.73 Å². The number of aromatic nitrogens is 1. The van der Waals surface area contributed by atoms with Crippen LogP contribution in [0.3, 0.4) is 0 Å². The molecule has 0 saturated carbocycles. The molecule has 1 aromatic rings. The van der Waals surface area contributed by atoms with Gasteiger partial charge in [-0.15, -0.1) is 0 Å². The van der Waals surface area contributed by atoms with Crippen LogP contribution in [-0.2, 0) is 0 Å². The summed E-state index contributed by atoms with van der Waals surface area (Å²) in [5.74, 6) is 0. The highest BCUT2D eigenvalue weighted by Crippen LogP contribution is 2.16. The number of nitrogens with one attached hydrogen (secondary N) is 1. The van der Waals surface area contributed by atoms with Crippen molar-refractivity contribution < 1.29 is 0 Å². The quantitative estimate of drug-likeness (QED) is 0.645. The monoisotopic (exact) mass is 291 g/mol. The van der Waals surface area contributed by atoms with E-state index in [1.165, 1.54) is 9.13 Å². The van der Waals surface area contributed by atoms with E-state index in [2.05, 4.69) is 14.5 Å². The molecular formula is C9H14IN3. The molecule has 3 nitrogen and oxygen atoms in total. The van der Waals surface area contributed by atoms with Gasteiger partial charge in [0.25, 0.3) is 0 Å². The Morgan fingerprint density at radius 2 is 2.46 bits per heavy atom. The zero-order valence-electron chi connectivity index (χ0n) is 7.84. The number of hydrogen-bond acceptors (Lipinski definition) is 2. The van der Waals surface area contributed by atoms with Gasteiger partial charge in [-0.2, -0.15) is 0 Å². The van der Waals surface area contributed by atoms with Gasteiger partial charge in [0.1, 0.15) is 0 Å². The van der Waals surface area contributed by atoms with Gasteiger partial charge in [0.15, 0.2) is 0 Å². The number of nitrogens with zero attached hydrogens (tertiary/aromatic N) is 1. The van der Waals surface area contributed by atoms with E-state index in [-0.39, 0.29) is 26.9 Å². The average molecular weight is 291 g/mol. The Hall–Kier alpha value is -0.490. The Balaban J connectivity index is 2.98. The van der Waals surface area contributed by atoms with Crippen LogP contribution >= 0.6 is 20.7 Å². The van der Waals surface area contributed by atoms with Gasteiger partial charge >= 0.3 is 0 Å². The second-order valence-electron chi connectivity index (χ2n) is 2.83. The van der Waals surface area contributed by atoms with Crippen molar-refractivity contribution in [1.29, 1.82) is 0 Å². The molecule has 1 atom stereocenters. The highest BCUT2D eigenvalue weighted by Gasteiger charge is 2.02. The fraction of sp³-hybridized carbons (Fsp3) is 0.333. The molecule has 0 spiro atoms. The van der Waals surface area contributed by atoms with Crippen molar-refractivity contribution in [3.8, 4) is 0 Å². The van der Waals surface area contributed by atoms with Gasteiger partial charge in [-0.3, -0.25) is 4.99 Å². The molecule has 0 saturated heterocycles. The molecule has 1 rings (SSSR count). The van der Waals surface area contributed by atoms with Crippen molar-refractivity contribution in [1.82, 2.24) is 4.98 Å². The molecule has 4 heteroatoms. The number of aliphatic imine (C=N–C) groups is 1. The largest absolute Gasteiger partial charge is 0.364 e. The summed E-state index contributed by atoms with van der Waals surface area (Å²) >= 11 is -0.137. The molecule has 3 N–H and O–H groups in total. The lowest BCUT2D eigenvalue weighted by atomic mass is 10.3. The first-order chi connectivity index (χ1) is 6.15. The molecule has 0 bridgehead atoms. The van der Waals surface area contributed by atoms with Crippen LogP contribution in [0.25, 0.3) is 0 Å². The molecule has 0 radical (unpaired) electrons. The van der Waals surface area contributed by atoms with E-state index in [0.29, 0.717) is 0 Å². The van der Waals surface area contributed by atoms with Gasteiger partial charge in [-0.05, 0) is 13.8 Å². The topological polar surface area (TPSA) is 54.2 Å². The van der Waals surface area contributed by atoms with E-state index < -0.39 is 0 Å². The summed E-state index contributed by atoms with van der Waals surface area (Å²) in [7, 11) is 0. The molecule has 72 valence electrons. The van der Waals surface area contributed by atoms with Gasteiger partial charge in [0.05, 0.1) is 6.17 Å². The Morgan fingerprint density at radius 3 is 3.00 bits per heavy atom. The summed E-state index contributed by atoms with van der Waals surface area (Å²) in [6.45, 7) is 3.89. The Bertz CT molecular complexity index is 326. The highest BCUT2D eigenvalue weighted by atomic mass is 127. The maximum atomic E-state index is 5.54. The molecule has 0 aliphatic carbocycles. The van der Waals surface area contributed by atoms with Crippen molar-refractivity contribution in [2.24, 2.45) is 10.7 Å². The van der Waals surface area contributed by atoms with Gasteiger partial charge in [-0.25, -0.2) is 0 Å². The number of aryl methyl sites for hydroxylation is 1. The van der Waals surface area contributed by atoms with E-state index in [9.17, 15) is 0 Å². The van der Waals surface area contributed by atoms with Crippen LogP contribution in [0.2, 0.25) is 0 Å². The van der Waals surface area contributed by atoms with Crippen LogP contribution in [0.1, 0.15) is 18.2 Å². The number of H-pyrrole nitrogens is 1. The molecule has 0 aromatic carbocycles. The summed E-state index contributed by atoms with van der Waals surface area (Å²) in [6, 6.07) is 0. The number of halogens is 1. The van der Waals surface area contributed by atoms with Crippen LogP contribution in [0.4, 0.5) is 0 Å². The molecular weight excluding hydrogens is 277 g/mol. The third-order valence-corrected chi connectivity index (χ3v) is 3.37. The summed E-state index contributed by atoms with van der Waals surface area (Å²) in [4.78, 5) is 7.33. The number of aromatic amines is 1. The normalized spacial score (nSPS) is 13.8. The number of rotatable bonds is 3. The fourth-order valence-electron chi connectivity index (χ4n) is 0.967. The molecule has 0 amide bonds. The standard InChI is InChI=1S/C9H14IN3/c1-6-8(4-13-7(2)11)9(10-3)5-12-6/h4-5,7,12H,3,11H2,1-2H3/t7-/m1/s1. The highest BCUT2D eigenvalue weighted by molar-refractivity contribution is 14.2. The molecule has 0 unspecified atom stereocenters. The number of nitrogens with two attached hydrogens (primary N) is 1. The van der Waals surface area contributed by atoms with Gasteiger partial charge in [0.2, 0.25) is 0 Å². The lowest BCUT2D eigenvalue weighted by molar-refractivity contribution is 0.797. The maximum absolute atomic E-state index is 5.54. The summed E-state index contributed by atoms with van der Waals surface area (Å²) in [5.41, 5.74) is 7.84. The van der Waals surface area contributed by atoms with Crippen molar-refractivity contribution in [3.05, 3.63) is 21.0 Å². The van der Waals surface area contributed by atoms with E-state index >= 15 is 0 Å². The summed E-state index contributed by atoms with van der Waals surface area (Å²) < 4.78 is 5.25. The lowest BCUT2D eigenvalue weighted by Gasteiger charge is -1.96. The minimum atomic E-state index is -0.137. The fourth-order valence-corrected chi connectivity index (χ4v) is 2.30. The summed E-state index contributed by atoms with van der Waals surface area (Å²) in [6.07, 6.45) is 3.72. The Labute approximate surface area is 88.2 Å². The van der Waals surface area contributed by atoms with E-state index in [1.807, 2.05) is 26.3 Å². The van der Waals surface area contributed by atoms with Crippen LogP contribution in [-0.4, -0.2) is 21.9 Å². The minimum absolute atomic E-state index is 0.134. The Kier molecular flexibility index (Phi) is 3.80. The minimum Gasteiger partial charge on any atom is -0.364 e. The molecule has 0 fully saturated rings. The smallest absolute Gasteiger partial charge is 0.0941 e. The van der Waals surface area contributed by atoms with E-state index in [1.54, 1.807) is 0 Å². The maximum Gasteiger partial charge on any atom is 0.0941 e. The van der Waals surface area contributed by atoms with Crippen molar-refractivity contribution in [3.63, 3.8) is 0 Å². The summed E-state index contributed by atoms with van der Waals surface area (Å²) in [5, 5.41) is 0. The third-order valence-electron chi connectivity index (χ3n) is 1.66. The SMILES string of the molecule is C=Ic1c[nH]c(C)c1C=N[C@H](C)N. The molecule has 0 aliphatic heterocycles. The molecule has 13 heavy (non-hydrogen) atoms. The zero-order chi connectivity index (χ0) is 9.84. The lowest BCUT2D eigenvalue weighted by Crippen LogP contribution is -2.11. The third kappa shape index (κ3) is 2.73. The predicted molar refractivity (Wildman–Crippen MR) is 66.6 cm³/mol. The first-order valence-electron chi connectivity index (χ1n) is 4.00. The van der Waals surface area contributed by atoms with Crippen LogP contribution < -0.4 is 5.73 Å². The van der Waals surface area contributed by atoms with Gasteiger partial charge < -0.3 is 10.7 Å². The average Bonchev–Trinajstić information content (AvgIpc) is 2.43. The first-order valence-corrected chi connectivity index (χ1v) is 6.60. The van der Waals surface area contributed by atoms with E-state index in [0.717, 1.165) is 5.69 Å². The van der Waals surface area contributed by atoms with Crippen LogP contribution in [0.15, 0.2) is 11.2 Å². The second kappa shape index (κ2) is 4.66. The van der Waals surface area contributed by atoms with Crippen LogP contribution in [0, 0.1) is 10.5 Å².